The lowest BCUT2D eigenvalue weighted by atomic mass is 9.97. The van der Waals surface area contributed by atoms with Gasteiger partial charge in [0.15, 0.2) is 11.9 Å². The monoisotopic (exact) mass is 515 g/mol. The molecular formula is C29H37N7O2. The van der Waals surface area contributed by atoms with Crippen molar-refractivity contribution in [2.75, 3.05) is 17.7 Å². The number of rotatable bonds is 6. The molecule has 0 bridgehead atoms. The van der Waals surface area contributed by atoms with Gasteiger partial charge in [0, 0.05) is 43.4 Å². The number of amides is 1. The summed E-state index contributed by atoms with van der Waals surface area (Å²) in [5.41, 5.74) is 9.95. The van der Waals surface area contributed by atoms with E-state index >= 15 is 0 Å². The van der Waals surface area contributed by atoms with Crippen molar-refractivity contribution in [2.45, 2.75) is 57.6 Å². The quantitative estimate of drug-likeness (QED) is 0.295. The molecular weight excluding hydrogens is 478 g/mol. The SMILES string of the molecule is CCc1cc(-c2cc(NC(=O)C(O)c3ccccc3)nn2C)cc2cnc(NC)nc12.NC1CCCCC1. The van der Waals surface area contributed by atoms with Crippen molar-refractivity contribution in [3.63, 3.8) is 0 Å². The molecule has 4 aromatic rings. The third kappa shape index (κ3) is 6.54. The van der Waals surface area contributed by atoms with Crippen LogP contribution in [0, 0.1) is 0 Å². The molecule has 0 aliphatic heterocycles. The average molecular weight is 516 g/mol. The molecule has 5 N–H and O–H groups in total. The number of hydrogen-bond acceptors (Lipinski definition) is 7. The Morgan fingerprint density at radius 3 is 2.53 bits per heavy atom. The average Bonchev–Trinajstić information content (AvgIpc) is 3.32. The highest BCUT2D eigenvalue weighted by Gasteiger charge is 2.19. The molecule has 5 rings (SSSR count). The van der Waals surface area contributed by atoms with E-state index in [0.29, 0.717) is 23.4 Å². The lowest BCUT2D eigenvalue weighted by molar-refractivity contribution is -0.124. The molecule has 1 atom stereocenters. The van der Waals surface area contributed by atoms with Gasteiger partial charge in [-0.05, 0) is 42.5 Å². The minimum absolute atomic E-state index is 0.373. The maximum Gasteiger partial charge on any atom is 0.259 e. The number of aliphatic hydroxyl groups is 1. The second-order valence-corrected chi connectivity index (χ2v) is 9.61. The first kappa shape index (κ1) is 27.2. The summed E-state index contributed by atoms with van der Waals surface area (Å²) in [6.07, 6.45) is 8.01. The van der Waals surface area contributed by atoms with Crippen LogP contribution in [-0.2, 0) is 18.3 Å². The van der Waals surface area contributed by atoms with Crippen molar-refractivity contribution in [1.29, 1.82) is 0 Å². The fourth-order valence-electron chi connectivity index (χ4n) is 4.67. The Morgan fingerprint density at radius 2 is 1.89 bits per heavy atom. The second kappa shape index (κ2) is 12.6. The molecule has 9 nitrogen and oxygen atoms in total. The minimum Gasteiger partial charge on any atom is -0.378 e. The number of carbonyl (C=O) groups is 1. The lowest BCUT2D eigenvalue weighted by Crippen LogP contribution is -2.22. The van der Waals surface area contributed by atoms with Gasteiger partial charge in [-0.3, -0.25) is 9.48 Å². The van der Waals surface area contributed by atoms with Crippen molar-refractivity contribution >= 4 is 28.6 Å². The normalized spacial score (nSPS) is 14.4. The van der Waals surface area contributed by atoms with Crippen LogP contribution in [0.15, 0.2) is 54.7 Å². The third-order valence-electron chi connectivity index (χ3n) is 6.81. The summed E-state index contributed by atoms with van der Waals surface area (Å²) in [7, 11) is 3.61. The van der Waals surface area contributed by atoms with Crippen molar-refractivity contribution in [2.24, 2.45) is 12.8 Å². The largest absolute Gasteiger partial charge is 0.378 e. The van der Waals surface area contributed by atoms with Gasteiger partial charge in [0.1, 0.15) is 0 Å². The van der Waals surface area contributed by atoms with Crippen molar-refractivity contribution in [1.82, 2.24) is 19.7 Å². The molecule has 9 heteroatoms. The van der Waals surface area contributed by atoms with E-state index in [1.165, 1.54) is 32.1 Å². The number of anilines is 2. The highest BCUT2D eigenvalue weighted by molar-refractivity contribution is 5.94. The number of hydrogen-bond donors (Lipinski definition) is 4. The first-order chi connectivity index (χ1) is 18.4. The van der Waals surface area contributed by atoms with E-state index in [4.69, 9.17) is 5.73 Å². The molecule has 1 aliphatic rings. The number of aliphatic hydroxyl groups excluding tert-OH is 1. The number of aromatic nitrogens is 4. The standard InChI is InChI=1S/C23H24N6O2.C6H13N/c1-4-14-10-16(11-17-13-25-23(24-2)27-20(14)17)18-12-19(28-29(18)3)26-22(31)21(30)15-8-6-5-7-9-15;7-6-4-2-1-3-5-6/h5-13,21,30H,4H2,1-3H3,(H,24,25,27)(H,26,28,31);6H,1-5,7H2. The molecule has 2 aromatic carbocycles. The number of nitrogens with one attached hydrogen (secondary N) is 2. The molecule has 2 heterocycles. The van der Waals surface area contributed by atoms with Gasteiger partial charge in [0.2, 0.25) is 5.95 Å². The molecule has 1 amide bonds. The summed E-state index contributed by atoms with van der Waals surface area (Å²) < 4.78 is 1.70. The Hall–Kier alpha value is -3.82. The first-order valence-electron chi connectivity index (χ1n) is 13.2. The number of fused-ring (bicyclic) bond motifs is 1. The fourth-order valence-corrected chi connectivity index (χ4v) is 4.67. The zero-order valence-electron chi connectivity index (χ0n) is 22.3. The van der Waals surface area contributed by atoms with Gasteiger partial charge in [-0.1, -0.05) is 56.5 Å². The van der Waals surface area contributed by atoms with Crippen LogP contribution < -0.4 is 16.4 Å². The summed E-state index contributed by atoms with van der Waals surface area (Å²) >= 11 is 0. The van der Waals surface area contributed by atoms with E-state index in [1.54, 1.807) is 48.3 Å². The Bertz CT molecular complexity index is 1360. The maximum atomic E-state index is 12.5. The smallest absolute Gasteiger partial charge is 0.259 e. The molecule has 0 spiro atoms. The van der Waals surface area contributed by atoms with E-state index in [1.807, 2.05) is 19.2 Å². The van der Waals surface area contributed by atoms with Crippen LogP contribution >= 0.6 is 0 Å². The van der Waals surface area contributed by atoms with Gasteiger partial charge in [-0.25, -0.2) is 9.97 Å². The van der Waals surface area contributed by atoms with Crippen molar-refractivity contribution in [3.05, 3.63) is 65.9 Å². The van der Waals surface area contributed by atoms with E-state index in [0.717, 1.165) is 34.1 Å². The van der Waals surface area contributed by atoms with Crippen LogP contribution in [0.2, 0.25) is 0 Å². The fraction of sp³-hybridized carbons (Fsp3) is 0.379. The van der Waals surface area contributed by atoms with Crippen LogP contribution in [0.4, 0.5) is 11.8 Å². The highest BCUT2D eigenvalue weighted by Crippen LogP contribution is 2.29. The van der Waals surface area contributed by atoms with Gasteiger partial charge in [-0.15, -0.1) is 0 Å². The topological polar surface area (TPSA) is 131 Å². The molecule has 38 heavy (non-hydrogen) atoms. The van der Waals surface area contributed by atoms with E-state index in [-0.39, 0.29) is 0 Å². The van der Waals surface area contributed by atoms with Crippen molar-refractivity contribution in [3.8, 4) is 11.3 Å². The molecule has 0 radical (unpaired) electrons. The zero-order chi connectivity index (χ0) is 27.1. The molecule has 1 unspecified atom stereocenters. The van der Waals surface area contributed by atoms with Gasteiger partial charge in [-0.2, -0.15) is 5.10 Å². The van der Waals surface area contributed by atoms with Crippen LogP contribution in [0.1, 0.15) is 56.3 Å². The number of nitrogens with two attached hydrogens (primary N) is 1. The number of carbonyl (C=O) groups excluding carboxylic acids is 1. The molecule has 0 saturated heterocycles. The van der Waals surface area contributed by atoms with Crippen molar-refractivity contribution < 1.29 is 9.90 Å². The first-order valence-corrected chi connectivity index (χ1v) is 13.2. The summed E-state index contributed by atoms with van der Waals surface area (Å²) in [6, 6.07) is 15.2. The summed E-state index contributed by atoms with van der Waals surface area (Å²) in [5.74, 6) is 0.423. The summed E-state index contributed by atoms with van der Waals surface area (Å²) in [6.45, 7) is 2.08. The number of aryl methyl sites for hydroxylation is 2. The van der Waals surface area contributed by atoms with Gasteiger partial charge < -0.3 is 21.5 Å². The molecule has 1 fully saturated rings. The zero-order valence-corrected chi connectivity index (χ0v) is 22.3. The third-order valence-corrected chi connectivity index (χ3v) is 6.81. The van der Waals surface area contributed by atoms with Crippen LogP contribution in [-0.4, -0.2) is 43.9 Å². The Labute approximate surface area is 223 Å². The van der Waals surface area contributed by atoms with Gasteiger partial charge in [0.05, 0.1) is 11.2 Å². The molecule has 1 saturated carbocycles. The summed E-state index contributed by atoms with van der Waals surface area (Å²) in [5, 5.41) is 21.3. The Morgan fingerprint density at radius 1 is 1.16 bits per heavy atom. The van der Waals surface area contributed by atoms with Crippen LogP contribution in [0.5, 0.6) is 0 Å². The molecule has 2 aromatic heterocycles. The highest BCUT2D eigenvalue weighted by atomic mass is 16.3. The Kier molecular flexibility index (Phi) is 9.04. The molecule has 200 valence electrons. The predicted octanol–water partition coefficient (Wildman–Crippen LogP) is 4.58. The van der Waals surface area contributed by atoms with Gasteiger partial charge in [0.25, 0.3) is 5.91 Å². The van der Waals surface area contributed by atoms with E-state index in [9.17, 15) is 9.90 Å². The summed E-state index contributed by atoms with van der Waals surface area (Å²) in [4.78, 5) is 21.4. The van der Waals surface area contributed by atoms with E-state index in [2.05, 4.69) is 38.7 Å². The van der Waals surface area contributed by atoms with Gasteiger partial charge >= 0.3 is 0 Å². The lowest BCUT2D eigenvalue weighted by Gasteiger charge is -2.15. The number of benzene rings is 2. The van der Waals surface area contributed by atoms with E-state index < -0.39 is 12.0 Å². The van der Waals surface area contributed by atoms with Crippen LogP contribution in [0.25, 0.3) is 22.2 Å². The second-order valence-electron chi connectivity index (χ2n) is 9.61. The minimum atomic E-state index is -1.27. The predicted molar refractivity (Wildman–Crippen MR) is 152 cm³/mol. The molecule has 1 aliphatic carbocycles. The van der Waals surface area contributed by atoms with Crippen LogP contribution in [0.3, 0.4) is 0 Å². The number of nitrogens with zero attached hydrogens (tertiary/aromatic N) is 4. The Balaban J connectivity index is 0.000000417. The maximum absolute atomic E-state index is 12.5.